The predicted molar refractivity (Wildman–Crippen MR) is 104 cm³/mol. The lowest BCUT2D eigenvalue weighted by Gasteiger charge is -2.41. The van der Waals surface area contributed by atoms with Gasteiger partial charge in [0.2, 0.25) is 5.91 Å². The molecule has 3 heterocycles. The van der Waals surface area contributed by atoms with Gasteiger partial charge in [-0.25, -0.2) is 0 Å². The van der Waals surface area contributed by atoms with Gasteiger partial charge in [0.05, 0.1) is 12.0 Å². The molecule has 0 aliphatic carbocycles. The first kappa shape index (κ1) is 16.7. The lowest BCUT2D eigenvalue weighted by molar-refractivity contribution is -0.130. The van der Waals surface area contributed by atoms with E-state index in [1.54, 1.807) is 23.7 Å². The van der Waals surface area contributed by atoms with Gasteiger partial charge in [-0.15, -0.1) is 11.3 Å². The average molecular weight is 364 g/mol. The van der Waals surface area contributed by atoms with Gasteiger partial charge in [-0.05, 0) is 65.6 Å². The van der Waals surface area contributed by atoms with Crippen molar-refractivity contribution < 1.29 is 4.79 Å². The van der Waals surface area contributed by atoms with E-state index in [0.717, 1.165) is 11.1 Å². The molecule has 5 nitrogen and oxygen atoms in total. The molecule has 1 aromatic carbocycles. The minimum absolute atomic E-state index is 0.0179. The molecule has 132 valence electrons. The maximum absolute atomic E-state index is 12.8. The molecule has 1 fully saturated rings. The van der Waals surface area contributed by atoms with Crippen LogP contribution in [0.3, 0.4) is 0 Å². The van der Waals surface area contributed by atoms with Gasteiger partial charge in [0.1, 0.15) is 0 Å². The lowest BCUT2D eigenvalue weighted by atomic mass is 9.86. The number of pyridine rings is 1. The molecule has 0 saturated carbocycles. The smallest absolute Gasteiger partial charge is 0.231 e. The monoisotopic (exact) mass is 364 g/mol. The summed E-state index contributed by atoms with van der Waals surface area (Å²) in [5.74, 6) is 0.152. The quantitative estimate of drug-likeness (QED) is 0.744. The Morgan fingerprint density at radius 2 is 2.08 bits per heavy atom. The lowest BCUT2D eigenvalue weighted by Crippen LogP contribution is -2.59. The van der Waals surface area contributed by atoms with Crippen molar-refractivity contribution in [3.63, 3.8) is 0 Å². The summed E-state index contributed by atoms with van der Waals surface area (Å²) >= 11 is 1.71. The minimum atomic E-state index is -0.558. The fourth-order valence-electron chi connectivity index (χ4n) is 3.41. The summed E-state index contributed by atoms with van der Waals surface area (Å²) in [5.41, 5.74) is 1.59. The molecule has 1 atom stereocenters. The van der Waals surface area contributed by atoms with E-state index in [2.05, 4.69) is 39.9 Å². The standard InChI is InChI=1S/C20H20N4OS/c1-20(16-2-3-17-15(12-16)7-11-26-17)13-18(25)24(19(21)23-20)10-6-14-4-8-22-9-5-14/h2-5,7-9,11-12H,6,10,13H2,1H3,(H2,21,23)/t20-/m0/s1. The van der Waals surface area contributed by atoms with Crippen LogP contribution in [0.4, 0.5) is 0 Å². The molecular formula is C20H20N4OS. The molecule has 1 aliphatic rings. The van der Waals surface area contributed by atoms with E-state index in [-0.39, 0.29) is 11.9 Å². The van der Waals surface area contributed by atoms with Gasteiger partial charge >= 0.3 is 0 Å². The van der Waals surface area contributed by atoms with Crippen LogP contribution in [-0.2, 0) is 16.8 Å². The number of carbonyl (C=O) groups is 1. The number of aromatic nitrogens is 1. The van der Waals surface area contributed by atoms with Crippen LogP contribution in [0.15, 0.2) is 54.2 Å². The number of amides is 1. The van der Waals surface area contributed by atoms with Crippen LogP contribution in [0.2, 0.25) is 0 Å². The van der Waals surface area contributed by atoms with Crippen molar-refractivity contribution in [2.75, 3.05) is 6.54 Å². The summed E-state index contributed by atoms with van der Waals surface area (Å²) in [6.45, 7) is 2.49. The van der Waals surface area contributed by atoms with E-state index in [4.69, 9.17) is 5.41 Å². The van der Waals surface area contributed by atoms with E-state index in [1.165, 1.54) is 15.0 Å². The third-order valence-corrected chi connectivity index (χ3v) is 5.83. The van der Waals surface area contributed by atoms with E-state index >= 15 is 0 Å². The number of thiophene rings is 1. The highest BCUT2D eigenvalue weighted by Gasteiger charge is 2.39. The Morgan fingerprint density at radius 1 is 1.27 bits per heavy atom. The number of hydrogen-bond donors (Lipinski definition) is 2. The second-order valence-corrected chi connectivity index (χ2v) is 7.75. The summed E-state index contributed by atoms with van der Waals surface area (Å²) in [6.07, 6.45) is 4.53. The first-order valence-corrected chi connectivity index (χ1v) is 9.47. The average Bonchev–Trinajstić information content (AvgIpc) is 3.09. The summed E-state index contributed by atoms with van der Waals surface area (Å²) < 4.78 is 1.23. The van der Waals surface area contributed by atoms with Crippen molar-refractivity contribution in [2.45, 2.75) is 25.3 Å². The summed E-state index contributed by atoms with van der Waals surface area (Å²) in [7, 11) is 0. The number of carbonyl (C=O) groups excluding carboxylic acids is 1. The highest BCUT2D eigenvalue weighted by atomic mass is 32.1. The molecule has 4 rings (SSSR count). The summed E-state index contributed by atoms with van der Waals surface area (Å²) in [4.78, 5) is 18.3. The van der Waals surface area contributed by atoms with Crippen molar-refractivity contribution in [3.05, 3.63) is 65.3 Å². The number of hydrogen-bond acceptors (Lipinski definition) is 4. The fourth-order valence-corrected chi connectivity index (χ4v) is 4.18. The second kappa shape index (κ2) is 6.53. The molecule has 1 amide bonds. The molecule has 0 unspecified atom stereocenters. The van der Waals surface area contributed by atoms with E-state index in [9.17, 15) is 4.79 Å². The van der Waals surface area contributed by atoms with Crippen LogP contribution in [0.1, 0.15) is 24.5 Å². The van der Waals surface area contributed by atoms with Gasteiger partial charge in [0.25, 0.3) is 0 Å². The molecule has 0 spiro atoms. The summed E-state index contributed by atoms with van der Waals surface area (Å²) in [6, 6.07) is 12.2. The number of fused-ring (bicyclic) bond motifs is 1. The second-order valence-electron chi connectivity index (χ2n) is 6.81. The van der Waals surface area contributed by atoms with Crippen molar-refractivity contribution in [1.82, 2.24) is 15.2 Å². The topological polar surface area (TPSA) is 69.1 Å². The molecule has 1 aliphatic heterocycles. The first-order valence-electron chi connectivity index (χ1n) is 8.59. The van der Waals surface area contributed by atoms with Gasteiger partial charge in [-0.2, -0.15) is 0 Å². The van der Waals surface area contributed by atoms with Crippen molar-refractivity contribution in [1.29, 1.82) is 5.41 Å². The molecule has 3 aromatic rings. The first-order chi connectivity index (χ1) is 12.5. The van der Waals surface area contributed by atoms with Gasteiger partial charge in [0.15, 0.2) is 5.96 Å². The fraction of sp³-hybridized carbons (Fsp3) is 0.250. The summed E-state index contributed by atoms with van der Waals surface area (Å²) in [5, 5.41) is 14.9. The zero-order valence-corrected chi connectivity index (χ0v) is 15.3. The molecule has 0 bridgehead atoms. The Morgan fingerprint density at radius 3 is 2.85 bits per heavy atom. The van der Waals surface area contributed by atoms with E-state index in [0.29, 0.717) is 19.4 Å². The Balaban J connectivity index is 1.51. The highest BCUT2D eigenvalue weighted by molar-refractivity contribution is 7.17. The number of nitrogens with one attached hydrogen (secondary N) is 2. The molecule has 1 saturated heterocycles. The van der Waals surface area contributed by atoms with E-state index in [1.807, 2.05) is 19.1 Å². The van der Waals surface area contributed by atoms with Gasteiger partial charge in [-0.1, -0.05) is 6.07 Å². The molecule has 6 heteroatoms. The number of rotatable bonds is 4. The Hall–Kier alpha value is -2.73. The molecule has 2 N–H and O–H groups in total. The van der Waals surface area contributed by atoms with Crippen LogP contribution in [0.5, 0.6) is 0 Å². The molecule has 26 heavy (non-hydrogen) atoms. The predicted octanol–water partition coefficient (Wildman–Crippen LogP) is 3.51. The van der Waals surface area contributed by atoms with Crippen molar-refractivity contribution in [3.8, 4) is 0 Å². The van der Waals surface area contributed by atoms with Gasteiger partial charge < -0.3 is 5.32 Å². The number of guanidine groups is 1. The Kier molecular flexibility index (Phi) is 4.20. The van der Waals surface area contributed by atoms with Crippen LogP contribution in [-0.4, -0.2) is 28.3 Å². The minimum Gasteiger partial charge on any atom is -0.346 e. The maximum atomic E-state index is 12.8. The Labute approximate surface area is 156 Å². The van der Waals surface area contributed by atoms with Crippen LogP contribution in [0.25, 0.3) is 10.1 Å². The van der Waals surface area contributed by atoms with Gasteiger partial charge in [-0.3, -0.25) is 20.1 Å². The number of benzene rings is 1. The van der Waals surface area contributed by atoms with Gasteiger partial charge in [0, 0.05) is 23.6 Å². The highest BCUT2D eigenvalue weighted by Crippen LogP contribution is 2.32. The molecular weight excluding hydrogens is 344 g/mol. The third kappa shape index (κ3) is 3.08. The van der Waals surface area contributed by atoms with Crippen LogP contribution < -0.4 is 5.32 Å². The molecule has 2 aromatic heterocycles. The Bertz CT molecular complexity index is 948. The molecule has 0 radical (unpaired) electrons. The van der Waals surface area contributed by atoms with Crippen molar-refractivity contribution in [2.24, 2.45) is 0 Å². The normalized spacial score (nSPS) is 20.4. The van der Waals surface area contributed by atoms with E-state index < -0.39 is 5.54 Å². The van der Waals surface area contributed by atoms with Crippen LogP contribution >= 0.6 is 11.3 Å². The largest absolute Gasteiger partial charge is 0.346 e. The SMILES string of the molecule is C[C@@]1(c2ccc3sccc3c2)CC(=O)N(CCc2ccncc2)C(=N)N1. The zero-order valence-electron chi connectivity index (χ0n) is 14.5. The number of nitrogens with zero attached hydrogens (tertiary/aromatic N) is 2. The maximum Gasteiger partial charge on any atom is 0.231 e. The third-order valence-electron chi connectivity index (χ3n) is 4.93. The zero-order chi connectivity index (χ0) is 18.1. The van der Waals surface area contributed by atoms with Crippen LogP contribution in [0, 0.1) is 5.41 Å². The van der Waals surface area contributed by atoms with Crippen molar-refractivity contribution >= 4 is 33.3 Å².